The summed E-state index contributed by atoms with van der Waals surface area (Å²) in [6, 6.07) is -0.558. The van der Waals surface area contributed by atoms with Crippen molar-refractivity contribution >= 4 is 12.0 Å². The number of rotatable bonds is 8. The fourth-order valence-corrected chi connectivity index (χ4v) is 1.98. The molecule has 1 unspecified atom stereocenters. The molecule has 1 saturated carbocycles. The van der Waals surface area contributed by atoms with Crippen LogP contribution in [-0.2, 0) is 4.79 Å². The number of nitrogens with one attached hydrogen (secondary N) is 1. The van der Waals surface area contributed by atoms with Gasteiger partial charge in [0.2, 0.25) is 0 Å². The molecule has 6 nitrogen and oxygen atoms in total. The van der Waals surface area contributed by atoms with Crippen LogP contribution in [0, 0.1) is 5.92 Å². The first-order chi connectivity index (χ1) is 8.58. The number of nitrogens with zero attached hydrogens (tertiary/aromatic N) is 1. The number of carbonyl (C=O) groups is 2. The number of carboxylic acids is 1. The molecule has 0 aromatic heterocycles. The summed E-state index contributed by atoms with van der Waals surface area (Å²) >= 11 is 0. The minimum absolute atomic E-state index is 0.0322. The fourth-order valence-electron chi connectivity index (χ4n) is 1.98. The highest BCUT2D eigenvalue weighted by Gasteiger charge is 2.34. The summed E-state index contributed by atoms with van der Waals surface area (Å²) in [5.74, 6) is -0.598. The Balaban J connectivity index is 2.49. The summed E-state index contributed by atoms with van der Waals surface area (Å²) < 4.78 is 0. The van der Waals surface area contributed by atoms with Crippen molar-refractivity contribution in [1.29, 1.82) is 0 Å². The minimum Gasteiger partial charge on any atom is -0.481 e. The minimum atomic E-state index is -0.892. The zero-order valence-electron chi connectivity index (χ0n) is 10.8. The van der Waals surface area contributed by atoms with Crippen molar-refractivity contribution in [2.45, 2.75) is 38.6 Å². The third kappa shape index (κ3) is 4.91. The van der Waals surface area contributed by atoms with Crippen molar-refractivity contribution in [3.63, 3.8) is 0 Å². The molecule has 1 rings (SSSR count). The van der Waals surface area contributed by atoms with Crippen molar-refractivity contribution in [3.8, 4) is 0 Å². The quantitative estimate of drug-likeness (QED) is 0.596. The third-order valence-electron chi connectivity index (χ3n) is 3.05. The molecule has 0 aromatic rings. The van der Waals surface area contributed by atoms with Gasteiger partial charge < -0.3 is 20.4 Å². The van der Waals surface area contributed by atoms with Crippen LogP contribution in [0.3, 0.4) is 0 Å². The van der Waals surface area contributed by atoms with Gasteiger partial charge in [-0.05, 0) is 25.2 Å². The molecule has 0 radical (unpaired) electrons. The summed E-state index contributed by atoms with van der Waals surface area (Å²) in [6.07, 6.45) is 2.73. The van der Waals surface area contributed by atoms with Crippen LogP contribution in [0.25, 0.3) is 0 Å². The Morgan fingerprint density at radius 2 is 2.06 bits per heavy atom. The van der Waals surface area contributed by atoms with Crippen molar-refractivity contribution in [2.75, 3.05) is 19.7 Å². The highest BCUT2D eigenvalue weighted by Crippen LogP contribution is 2.34. The van der Waals surface area contributed by atoms with Crippen molar-refractivity contribution in [1.82, 2.24) is 10.2 Å². The third-order valence-corrected chi connectivity index (χ3v) is 3.05. The Hall–Kier alpha value is -1.30. The van der Waals surface area contributed by atoms with Gasteiger partial charge in [0, 0.05) is 19.1 Å². The van der Waals surface area contributed by atoms with E-state index in [2.05, 4.69) is 5.32 Å². The molecule has 0 aromatic carbocycles. The Morgan fingerprint density at radius 1 is 1.39 bits per heavy atom. The summed E-state index contributed by atoms with van der Waals surface area (Å²) in [6.45, 7) is 2.72. The van der Waals surface area contributed by atoms with E-state index in [1.165, 1.54) is 4.90 Å². The monoisotopic (exact) mass is 258 g/mol. The Bertz CT molecular complexity index is 286. The van der Waals surface area contributed by atoms with Crippen LogP contribution in [-0.4, -0.2) is 52.9 Å². The Kier molecular flexibility index (Phi) is 5.91. The lowest BCUT2D eigenvalue weighted by atomic mass is 10.1. The second-order valence-electron chi connectivity index (χ2n) is 4.70. The van der Waals surface area contributed by atoms with E-state index in [1.807, 2.05) is 6.92 Å². The van der Waals surface area contributed by atoms with Crippen LogP contribution >= 0.6 is 0 Å². The molecule has 3 N–H and O–H groups in total. The number of aliphatic hydroxyl groups excluding tert-OH is 1. The second kappa shape index (κ2) is 7.20. The van der Waals surface area contributed by atoms with Gasteiger partial charge in [-0.3, -0.25) is 4.79 Å². The van der Waals surface area contributed by atoms with Gasteiger partial charge in [0.05, 0.1) is 13.0 Å². The van der Waals surface area contributed by atoms with E-state index < -0.39 is 5.97 Å². The zero-order chi connectivity index (χ0) is 13.5. The summed E-state index contributed by atoms with van der Waals surface area (Å²) in [7, 11) is 0. The van der Waals surface area contributed by atoms with Gasteiger partial charge in [-0.2, -0.15) is 0 Å². The average molecular weight is 258 g/mol. The van der Waals surface area contributed by atoms with E-state index >= 15 is 0 Å². The predicted molar refractivity (Wildman–Crippen MR) is 66.2 cm³/mol. The van der Waals surface area contributed by atoms with Gasteiger partial charge in [0.1, 0.15) is 0 Å². The number of carboxylic acid groups (broad SMARTS) is 1. The fraction of sp³-hybridized carbons (Fsp3) is 0.833. The van der Waals surface area contributed by atoms with Crippen LogP contribution in [0.4, 0.5) is 4.79 Å². The van der Waals surface area contributed by atoms with Crippen LogP contribution in [0.5, 0.6) is 0 Å². The van der Waals surface area contributed by atoms with E-state index in [-0.39, 0.29) is 31.6 Å². The van der Waals surface area contributed by atoms with Gasteiger partial charge in [0.15, 0.2) is 0 Å². The van der Waals surface area contributed by atoms with E-state index in [1.54, 1.807) is 0 Å². The van der Waals surface area contributed by atoms with Crippen LogP contribution in [0.1, 0.15) is 32.6 Å². The average Bonchev–Trinajstić information content (AvgIpc) is 3.11. The second-order valence-corrected chi connectivity index (χ2v) is 4.70. The number of amides is 2. The maximum absolute atomic E-state index is 12.0. The standard InChI is InChI=1S/C12H22N2O4/c1-2-5-14(6-7-15)12(18)13-10(8-11(16)17)9-3-4-9/h9-10,15H,2-8H2,1H3,(H,13,18)(H,16,17). The molecule has 0 heterocycles. The van der Waals surface area contributed by atoms with Gasteiger partial charge in [-0.25, -0.2) is 4.79 Å². The molecule has 0 aliphatic heterocycles. The SMILES string of the molecule is CCCN(CCO)C(=O)NC(CC(=O)O)C1CC1. The first-order valence-corrected chi connectivity index (χ1v) is 6.46. The Labute approximate surface area is 107 Å². The topological polar surface area (TPSA) is 89.9 Å². The van der Waals surface area contributed by atoms with Crippen molar-refractivity contribution < 1.29 is 19.8 Å². The highest BCUT2D eigenvalue weighted by atomic mass is 16.4. The largest absolute Gasteiger partial charge is 0.481 e. The number of hydrogen-bond acceptors (Lipinski definition) is 3. The zero-order valence-corrected chi connectivity index (χ0v) is 10.8. The van der Waals surface area contributed by atoms with E-state index in [4.69, 9.17) is 10.2 Å². The first kappa shape index (κ1) is 14.8. The number of aliphatic hydroxyl groups is 1. The molecule has 6 heteroatoms. The van der Waals surface area contributed by atoms with Crippen molar-refractivity contribution in [3.05, 3.63) is 0 Å². The van der Waals surface area contributed by atoms with E-state index in [0.717, 1.165) is 19.3 Å². The summed E-state index contributed by atoms with van der Waals surface area (Å²) in [4.78, 5) is 24.2. The molecule has 1 fully saturated rings. The molecule has 104 valence electrons. The molecule has 0 spiro atoms. The lowest BCUT2D eigenvalue weighted by molar-refractivity contribution is -0.137. The van der Waals surface area contributed by atoms with Crippen molar-refractivity contribution in [2.24, 2.45) is 5.92 Å². The van der Waals surface area contributed by atoms with E-state index in [9.17, 15) is 9.59 Å². The molecule has 1 aliphatic carbocycles. The molecule has 2 amide bonds. The molecule has 1 aliphatic rings. The number of urea groups is 1. The molecular weight excluding hydrogens is 236 g/mol. The molecule has 0 saturated heterocycles. The highest BCUT2D eigenvalue weighted by molar-refractivity contribution is 5.76. The molecular formula is C12H22N2O4. The normalized spacial score (nSPS) is 16.1. The van der Waals surface area contributed by atoms with Crippen LogP contribution < -0.4 is 5.32 Å². The van der Waals surface area contributed by atoms with Crippen LogP contribution in [0.15, 0.2) is 0 Å². The van der Waals surface area contributed by atoms with Gasteiger partial charge >= 0.3 is 12.0 Å². The maximum Gasteiger partial charge on any atom is 0.317 e. The number of carbonyl (C=O) groups excluding carboxylic acids is 1. The predicted octanol–water partition coefficient (Wildman–Crippen LogP) is 0.654. The maximum atomic E-state index is 12.0. The lowest BCUT2D eigenvalue weighted by Gasteiger charge is -2.25. The summed E-state index contributed by atoms with van der Waals surface area (Å²) in [5, 5.41) is 20.5. The van der Waals surface area contributed by atoms with Gasteiger partial charge in [-0.1, -0.05) is 6.92 Å². The van der Waals surface area contributed by atoms with Gasteiger partial charge in [0.25, 0.3) is 0 Å². The molecule has 1 atom stereocenters. The Morgan fingerprint density at radius 3 is 2.50 bits per heavy atom. The molecule has 0 bridgehead atoms. The number of aliphatic carboxylic acids is 1. The smallest absolute Gasteiger partial charge is 0.317 e. The first-order valence-electron chi connectivity index (χ1n) is 6.46. The molecule has 18 heavy (non-hydrogen) atoms. The summed E-state index contributed by atoms with van der Waals surface area (Å²) in [5.41, 5.74) is 0. The number of hydrogen-bond donors (Lipinski definition) is 3. The van der Waals surface area contributed by atoms with Gasteiger partial charge in [-0.15, -0.1) is 0 Å². The van der Waals surface area contributed by atoms with E-state index in [0.29, 0.717) is 12.5 Å². The van der Waals surface area contributed by atoms with Crippen LogP contribution in [0.2, 0.25) is 0 Å². The lowest BCUT2D eigenvalue weighted by Crippen LogP contribution is -2.47.